The third-order valence-electron chi connectivity index (χ3n) is 2.83. The average Bonchev–Trinajstić information content (AvgIpc) is 2.19. The number of anilines is 1. The predicted octanol–water partition coefficient (Wildman–Crippen LogP) is 1.92. The monoisotopic (exact) mass is 210 g/mol. The van der Waals surface area contributed by atoms with Crippen LogP contribution in [0.3, 0.4) is 0 Å². The number of nitrogens with one attached hydrogen (secondary N) is 1. The molecule has 2 nitrogen and oxygen atoms in total. The minimum absolute atomic E-state index is 0.550. The highest BCUT2D eigenvalue weighted by atomic mass is 35.5. The third-order valence-corrected chi connectivity index (χ3v) is 3.06. The lowest BCUT2D eigenvalue weighted by Crippen LogP contribution is -2.43. The maximum atomic E-state index is 5.97. The lowest BCUT2D eigenvalue weighted by Gasteiger charge is -2.33. The minimum Gasteiger partial charge on any atom is -0.373 e. The first-order chi connectivity index (χ1) is 6.70. The van der Waals surface area contributed by atoms with Crippen molar-refractivity contribution < 1.29 is 0 Å². The largest absolute Gasteiger partial charge is 0.373 e. The number of benzene rings is 1. The van der Waals surface area contributed by atoms with Gasteiger partial charge < -0.3 is 10.2 Å². The van der Waals surface area contributed by atoms with Crippen molar-refractivity contribution in [2.75, 3.05) is 25.5 Å². The molecule has 14 heavy (non-hydrogen) atoms. The van der Waals surface area contributed by atoms with Crippen molar-refractivity contribution in [1.29, 1.82) is 0 Å². The fourth-order valence-corrected chi connectivity index (χ4v) is 2.18. The smallest absolute Gasteiger partial charge is 0.0426 e. The molecule has 1 aliphatic rings. The molecule has 1 unspecified atom stereocenters. The van der Waals surface area contributed by atoms with E-state index in [1.807, 2.05) is 19.2 Å². The van der Waals surface area contributed by atoms with Crippen LogP contribution in [0.4, 0.5) is 5.69 Å². The number of hydrogen-bond acceptors (Lipinski definition) is 2. The van der Waals surface area contributed by atoms with Crippen LogP contribution in [-0.4, -0.2) is 26.7 Å². The predicted molar refractivity (Wildman–Crippen MR) is 61.3 cm³/mol. The Balaban J connectivity index is 2.35. The van der Waals surface area contributed by atoms with Crippen LogP contribution in [0.5, 0.6) is 0 Å². The van der Waals surface area contributed by atoms with E-state index in [1.165, 1.54) is 11.3 Å². The van der Waals surface area contributed by atoms with Crippen LogP contribution < -0.4 is 10.2 Å². The number of hydrogen-bond donors (Lipinski definition) is 1. The van der Waals surface area contributed by atoms with Crippen LogP contribution in [0, 0.1) is 0 Å². The molecule has 0 saturated carbocycles. The molecule has 1 heterocycles. The number of likely N-dealkylation sites (N-methyl/N-ethyl adjacent to an activating group) is 2. The van der Waals surface area contributed by atoms with Gasteiger partial charge in [0.25, 0.3) is 0 Å². The minimum atomic E-state index is 0.550. The molecule has 0 radical (unpaired) electrons. The first-order valence-electron chi connectivity index (χ1n) is 4.87. The van der Waals surface area contributed by atoms with Gasteiger partial charge in [0, 0.05) is 30.3 Å². The zero-order chi connectivity index (χ0) is 10.1. The zero-order valence-electron chi connectivity index (χ0n) is 8.55. The van der Waals surface area contributed by atoms with Crippen molar-refractivity contribution in [1.82, 2.24) is 5.32 Å². The van der Waals surface area contributed by atoms with Crippen LogP contribution in [0.2, 0.25) is 5.02 Å². The Morgan fingerprint density at radius 1 is 1.50 bits per heavy atom. The van der Waals surface area contributed by atoms with E-state index < -0.39 is 0 Å². The fraction of sp³-hybridized carbons (Fsp3) is 0.455. The van der Waals surface area contributed by atoms with Gasteiger partial charge >= 0.3 is 0 Å². The van der Waals surface area contributed by atoms with Gasteiger partial charge in [0.05, 0.1) is 0 Å². The Labute approximate surface area is 89.9 Å². The van der Waals surface area contributed by atoms with Crippen LogP contribution in [-0.2, 0) is 6.42 Å². The van der Waals surface area contributed by atoms with Crippen LogP contribution in [0.15, 0.2) is 18.2 Å². The van der Waals surface area contributed by atoms with Crippen molar-refractivity contribution in [2.45, 2.75) is 12.5 Å². The van der Waals surface area contributed by atoms with Crippen molar-refractivity contribution >= 4 is 17.3 Å². The fourth-order valence-electron chi connectivity index (χ4n) is 2.02. The molecule has 1 N–H and O–H groups in total. The summed E-state index contributed by atoms with van der Waals surface area (Å²) in [6.45, 7) is 1.05. The second-order valence-electron chi connectivity index (χ2n) is 3.84. The van der Waals surface area contributed by atoms with E-state index in [0.717, 1.165) is 18.0 Å². The van der Waals surface area contributed by atoms with E-state index in [4.69, 9.17) is 11.6 Å². The zero-order valence-corrected chi connectivity index (χ0v) is 9.30. The summed E-state index contributed by atoms with van der Waals surface area (Å²) in [6, 6.07) is 6.68. The van der Waals surface area contributed by atoms with Gasteiger partial charge in [-0.05, 0) is 31.2 Å². The van der Waals surface area contributed by atoms with Crippen LogP contribution in [0.25, 0.3) is 0 Å². The van der Waals surface area contributed by atoms with Crippen molar-refractivity contribution in [3.8, 4) is 0 Å². The van der Waals surface area contributed by atoms with E-state index in [9.17, 15) is 0 Å². The normalized spacial score (nSPS) is 20.8. The molecule has 1 aromatic carbocycles. The molecule has 2 rings (SSSR count). The summed E-state index contributed by atoms with van der Waals surface area (Å²) >= 11 is 5.97. The SMILES string of the molecule is CNC1Cc2ccc(Cl)cc2N(C)C1. The second-order valence-corrected chi connectivity index (χ2v) is 4.28. The lowest BCUT2D eigenvalue weighted by molar-refractivity contribution is 0.538. The quantitative estimate of drug-likeness (QED) is 0.762. The molecular weight excluding hydrogens is 196 g/mol. The molecule has 1 aliphatic heterocycles. The van der Waals surface area contributed by atoms with E-state index in [0.29, 0.717) is 6.04 Å². The summed E-state index contributed by atoms with van der Waals surface area (Å²) in [5, 5.41) is 4.13. The lowest BCUT2D eigenvalue weighted by atomic mass is 9.98. The number of rotatable bonds is 1. The molecular formula is C11H15ClN2. The van der Waals surface area contributed by atoms with Gasteiger partial charge in [-0.2, -0.15) is 0 Å². The van der Waals surface area contributed by atoms with Gasteiger partial charge in [-0.3, -0.25) is 0 Å². The second kappa shape index (κ2) is 3.79. The summed E-state index contributed by atoms with van der Waals surface area (Å²) in [6.07, 6.45) is 1.09. The highest BCUT2D eigenvalue weighted by Gasteiger charge is 2.20. The molecule has 0 aromatic heterocycles. The molecule has 1 atom stereocenters. The van der Waals surface area contributed by atoms with E-state index in [-0.39, 0.29) is 0 Å². The maximum Gasteiger partial charge on any atom is 0.0426 e. The van der Waals surface area contributed by atoms with Gasteiger partial charge in [0.1, 0.15) is 0 Å². The summed E-state index contributed by atoms with van der Waals surface area (Å²) in [7, 11) is 4.12. The first-order valence-corrected chi connectivity index (χ1v) is 5.25. The maximum absolute atomic E-state index is 5.97. The molecule has 0 bridgehead atoms. The molecule has 1 aromatic rings. The van der Waals surface area contributed by atoms with Gasteiger partial charge in [-0.1, -0.05) is 17.7 Å². The molecule has 0 saturated heterocycles. The Kier molecular flexibility index (Phi) is 2.66. The average molecular weight is 211 g/mol. The van der Waals surface area contributed by atoms with Gasteiger partial charge in [-0.25, -0.2) is 0 Å². The van der Waals surface area contributed by atoms with Crippen LogP contribution in [0.1, 0.15) is 5.56 Å². The topological polar surface area (TPSA) is 15.3 Å². The van der Waals surface area contributed by atoms with Gasteiger partial charge in [0.15, 0.2) is 0 Å². The summed E-state index contributed by atoms with van der Waals surface area (Å²) in [5.74, 6) is 0. The molecule has 76 valence electrons. The Morgan fingerprint density at radius 3 is 3.00 bits per heavy atom. The van der Waals surface area contributed by atoms with Crippen molar-refractivity contribution in [3.63, 3.8) is 0 Å². The highest BCUT2D eigenvalue weighted by molar-refractivity contribution is 6.30. The van der Waals surface area contributed by atoms with Gasteiger partial charge in [0.2, 0.25) is 0 Å². The van der Waals surface area contributed by atoms with E-state index in [2.05, 4.69) is 23.3 Å². The number of fused-ring (bicyclic) bond motifs is 1. The summed E-state index contributed by atoms with van der Waals surface area (Å²) < 4.78 is 0. The highest BCUT2D eigenvalue weighted by Crippen LogP contribution is 2.28. The summed E-state index contributed by atoms with van der Waals surface area (Å²) in [4.78, 5) is 2.26. The third kappa shape index (κ3) is 1.72. The molecule has 0 aliphatic carbocycles. The number of nitrogens with zero attached hydrogens (tertiary/aromatic N) is 1. The Bertz CT molecular complexity index is 338. The Morgan fingerprint density at radius 2 is 2.29 bits per heavy atom. The summed E-state index contributed by atoms with van der Waals surface area (Å²) in [5.41, 5.74) is 2.64. The molecule has 0 amide bonds. The molecule has 3 heteroatoms. The molecule has 0 fully saturated rings. The molecule has 0 spiro atoms. The van der Waals surface area contributed by atoms with Crippen molar-refractivity contribution in [3.05, 3.63) is 28.8 Å². The van der Waals surface area contributed by atoms with E-state index in [1.54, 1.807) is 0 Å². The Hall–Kier alpha value is -0.730. The van der Waals surface area contributed by atoms with Gasteiger partial charge in [-0.15, -0.1) is 0 Å². The standard InChI is InChI=1S/C11H15ClN2/c1-13-10-5-8-3-4-9(12)6-11(8)14(2)7-10/h3-4,6,10,13H,5,7H2,1-2H3. The first kappa shape index (κ1) is 9.81. The van der Waals surface area contributed by atoms with Crippen LogP contribution >= 0.6 is 11.6 Å². The van der Waals surface area contributed by atoms with E-state index >= 15 is 0 Å². The number of halogens is 1. The van der Waals surface area contributed by atoms with Crippen molar-refractivity contribution in [2.24, 2.45) is 0 Å².